The van der Waals surface area contributed by atoms with Crippen LogP contribution in [0.2, 0.25) is 0 Å². The lowest BCUT2D eigenvalue weighted by atomic mass is 10.0. The van der Waals surface area contributed by atoms with Gasteiger partial charge >= 0.3 is 0 Å². The lowest BCUT2D eigenvalue weighted by molar-refractivity contribution is 0.814. The fourth-order valence-electron chi connectivity index (χ4n) is 2.44. The molecule has 0 unspecified atom stereocenters. The van der Waals surface area contributed by atoms with E-state index >= 15 is 0 Å². The predicted octanol–water partition coefficient (Wildman–Crippen LogP) is 3.99. The second-order valence-corrected chi connectivity index (χ2v) is 5.85. The summed E-state index contributed by atoms with van der Waals surface area (Å²) in [5.41, 5.74) is 3.78. The number of rotatable bonds is 3. The number of nitrogens with one attached hydrogen (secondary N) is 1. The first-order chi connectivity index (χ1) is 9.40. The Morgan fingerprint density at radius 1 is 1.00 bits per heavy atom. The summed E-state index contributed by atoms with van der Waals surface area (Å²) < 4.78 is 0. The van der Waals surface area contributed by atoms with Crippen LogP contribution in [-0.4, -0.2) is 9.97 Å². The van der Waals surface area contributed by atoms with Crippen LogP contribution in [0.25, 0.3) is 11.4 Å². The maximum Gasteiger partial charge on any atom is 0.254 e. The highest BCUT2D eigenvalue weighted by Crippen LogP contribution is 2.21. The lowest BCUT2D eigenvalue weighted by Crippen LogP contribution is -2.18. The minimum Gasteiger partial charge on any atom is -0.306 e. The summed E-state index contributed by atoms with van der Waals surface area (Å²) in [5, 5.41) is 0. The van der Waals surface area contributed by atoms with E-state index in [2.05, 4.69) is 35.9 Å². The van der Waals surface area contributed by atoms with Crippen LogP contribution in [-0.2, 0) is 0 Å². The number of benzene rings is 1. The monoisotopic (exact) mass is 270 g/mol. The van der Waals surface area contributed by atoms with Crippen LogP contribution in [0, 0.1) is 6.92 Å². The Bertz CT molecular complexity index is 652. The molecule has 0 spiro atoms. The molecule has 0 saturated carbocycles. The Hall–Kier alpha value is -1.90. The van der Waals surface area contributed by atoms with Crippen molar-refractivity contribution in [3.8, 4) is 11.4 Å². The molecule has 3 nitrogen and oxygen atoms in total. The van der Waals surface area contributed by atoms with Crippen LogP contribution in [0.5, 0.6) is 0 Å². The topological polar surface area (TPSA) is 45.8 Å². The van der Waals surface area contributed by atoms with Crippen LogP contribution < -0.4 is 5.56 Å². The van der Waals surface area contributed by atoms with E-state index in [1.807, 2.05) is 32.9 Å². The molecule has 0 amide bonds. The highest BCUT2D eigenvalue weighted by atomic mass is 16.1. The molecule has 0 aliphatic heterocycles. The van der Waals surface area contributed by atoms with Crippen LogP contribution >= 0.6 is 0 Å². The van der Waals surface area contributed by atoms with Crippen molar-refractivity contribution in [1.82, 2.24) is 9.97 Å². The molecule has 0 bridgehead atoms. The minimum absolute atomic E-state index is 0.0320. The zero-order valence-electron chi connectivity index (χ0n) is 12.8. The van der Waals surface area contributed by atoms with Gasteiger partial charge in [-0.15, -0.1) is 0 Å². The molecule has 0 saturated heterocycles. The Labute approximate surface area is 120 Å². The third-order valence-electron chi connectivity index (χ3n) is 3.57. The van der Waals surface area contributed by atoms with Gasteiger partial charge in [0.25, 0.3) is 5.56 Å². The van der Waals surface area contributed by atoms with E-state index in [4.69, 9.17) is 0 Å². The summed E-state index contributed by atoms with van der Waals surface area (Å²) >= 11 is 0. The number of aryl methyl sites for hydroxylation is 1. The molecule has 0 aliphatic rings. The van der Waals surface area contributed by atoms with Crippen molar-refractivity contribution < 1.29 is 0 Å². The molecule has 3 heteroatoms. The standard InChI is InChI=1S/C17H22N2O/c1-10(2)13-6-8-14(9-7-13)16-18-12(5)15(11(3)4)17(20)19-16/h6-11H,1-5H3,(H,18,19,20). The second-order valence-electron chi connectivity index (χ2n) is 5.85. The number of hydrogen-bond donors (Lipinski definition) is 1. The number of aromatic amines is 1. The van der Waals surface area contributed by atoms with Gasteiger partial charge in [0.05, 0.1) is 0 Å². The van der Waals surface area contributed by atoms with Gasteiger partial charge in [0.1, 0.15) is 5.82 Å². The van der Waals surface area contributed by atoms with Gasteiger partial charge in [-0.1, -0.05) is 52.0 Å². The Balaban J connectivity index is 2.46. The smallest absolute Gasteiger partial charge is 0.254 e. The van der Waals surface area contributed by atoms with Gasteiger partial charge in [0.15, 0.2) is 0 Å². The lowest BCUT2D eigenvalue weighted by Gasteiger charge is -2.10. The maximum atomic E-state index is 12.2. The van der Waals surface area contributed by atoms with Crippen molar-refractivity contribution in [2.45, 2.75) is 46.5 Å². The van der Waals surface area contributed by atoms with Crippen molar-refractivity contribution in [1.29, 1.82) is 0 Å². The van der Waals surface area contributed by atoms with Gasteiger partial charge in [0, 0.05) is 16.8 Å². The molecule has 0 aliphatic carbocycles. The van der Waals surface area contributed by atoms with E-state index in [9.17, 15) is 4.79 Å². The third kappa shape index (κ3) is 2.82. The van der Waals surface area contributed by atoms with Gasteiger partial charge in [-0.25, -0.2) is 4.98 Å². The largest absolute Gasteiger partial charge is 0.306 e. The molecule has 106 valence electrons. The van der Waals surface area contributed by atoms with Crippen molar-refractivity contribution in [2.24, 2.45) is 0 Å². The van der Waals surface area contributed by atoms with E-state index in [1.54, 1.807) is 0 Å². The van der Waals surface area contributed by atoms with Crippen LogP contribution in [0.3, 0.4) is 0 Å². The summed E-state index contributed by atoms with van der Waals surface area (Å²) in [6, 6.07) is 8.21. The average Bonchev–Trinajstić information content (AvgIpc) is 2.37. The molecule has 0 fully saturated rings. The van der Waals surface area contributed by atoms with Gasteiger partial charge in [0.2, 0.25) is 0 Å². The van der Waals surface area contributed by atoms with E-state index < -0.39 is 0 Å². The number of aromatic nitrogens is 2. The summed E-state index contributed by atoms with van der Waals surface area (Å²) in [5.74, 6) is 1.33. The van der Waals surface area contributed by atoms with Gasteiger partial charge in [-0.2, -0.15) is 0 Å². The first-order valence-electron chi connectivity index (χ1n) is 7.11. The normalized spacial score (nSPS) is 11.3. The third-order valence-corrected chi connectivity index (χ3v) is 3.57. The first kappa shape index (κ1) is 14.5. The Morgan fingerprint density at radius 3 is 2.05 bits per heavy atom. The highest BCUT2D eigenvalue weighted by molar-refractivity contribution is 5.55. The molecular formula is C17H22N2O. The molecular weight excluding hydrogens is 248 g/mol. The summed E-state index contributed by atoms with van der Waals surface area (Å²) in [6.07, 6.45) is 0. The zero-order chi connectivity index (χ0) is 14.9. The first-order valence-corrected chi connectivity index (χ1v) is 7.11. The molecule has 1 N–H and O–H groups in total. The summed E-state index contributed by atoms with van der Waals surface area (Å²) in [6.45, 7) is 10.2. The summed E-state index contributed by atoms with van der Waals surface area (Å²) in [7, 11) is 0. The summed E-state index contributed by atoms with van der Waals surface area (Å²) in [4.78, 5) is 19.6. The SMILES string of the molecule is Cc1nc(-c2ccc(C(C)C)cc2)[nH]c(=O)c1C(C)C. The van der Waals surface area contributed by atoms with Crippen LogP contribution in [0.4, 0.5) is 0 Å². The van der Waals surface area contributed by atoms with E-state index in [0.717, 1.165) is 16.8 Å². The van der Waals surface area contributed by atoms with E-state index in [-0.39, 0.29) is 11.5 Å². The second kappa shape index (κ2) is 5.61. The van der Waals surface area contributed by atoms with Gasteiger partial charge < -0.3 is 4.98 Å². The molecule has 1 heterocycles. The molecule has 0 atom stereocenters. The minimum atomic E-state index is -0.0320. The van der Waals surface area contributed by atoms with E-state index in [0.29, 0.717) is 11.7 Å². The quantitative estimate of drug-likeness (QED) is 0.916. The number of H-pyrrole nitrogens is 1. The Kier molecular flexibility index (Phi) is 4.07. The fourth-order valence-corrected chi connectivity index (χ4v) is 2.44. The van der Waals surface area contributed by atoms with Crippen molar-refractivity contribution in [3.05, 3.63) is 51.4 Å². The van der Waals surface area contributed by atoms with E-state index in [1.165, 1.54) is 5.56 Å². The van der Waals surface area contributed by atoms with Crippen molar-refractivity contribution >= 4 is 0 Å². The molecule has 1 aromatic carbocycles. The molecule has 2 rings (SSSR count). The van der Waals surface area contributed by atoms with Crippen molar-refractivity contribution in [3.63, 3.8) is 0 Å². The fraction of sp³-hybridized carbons (Fsp3) is 0.412. The molecule has 20 heavy (non-hydrogen) atoms. The van der Waals surface area contributed by atoms with Crippen LogP contribution in [0.15, 0.2) is 29.1 Å². The molecule has 2 aromatic rings. The molecule has 0 radical (unpaired) electrons. The highest BCUT2D eigenvalue weighted by Gasteiger charge is 2.12. The van der Waals surface area contributed by atoms with Crippen molar-refractivity contribution in [2.75, 3.05) is 0 Å². The van der Waals surface area contributed by atoms with Crippen LogP contribution in [0.1, 0.15) is 56.4 Å². The predicted molar refractivity (Wildman–Crippen MR) is 83.2 cm³/mol. The number of hydrogen-bond acceptors (Lipinski definition) is 2. The van der Waals surface area contributed by atoms with Gasteiger partial charge in [-0.3, -0.25) is 4.79 Å². The Morgan fingerprint density at radius 2 is 1.60 bits per heavy atom. The zero-order valence-corrected chi connectivity index (χ0v) is 12.8. The molecule has 1 aromatic heterocycles. The maximum absolute atomic E-state index is 12.2. The number of nitrogens with zero attached hydrogens (tertiary/aromatic N) is 1. The van der Waals surface area contributed by atoms with Gasteiger partial charge in [-0.05, 0) is 24.3 Å². The average molecular weight is 270 g/mol.